The van der Waals surface area contributed by atoms with Gasteiger partial charge in [-0.1, -0.05) is 12.8 Å². The Morgan fingerprint density at radius 2 is 1.79 bits per heavy atom. The molecule has 1 saturated carbocycles. The highest BCUT2D eigenvalue weighted by molar-refractivity contribution is 4.75. The average Bonchev–Trinajstić information content (AvgIpc) is 2.23. The summed E-state index contributed by atoms with van der Waals surface area (Å²) in [6.07, 6.45) is 7.20. The van der Waals surface area contributed by atoms with Gasteiger partial charge < -0.3 is 14.6 Å². The van der Waals surface area contributed by atoms with Gasteiger partial charge in [0.05, 0.1) is 12.2 Å². The fraction of sp³-hybridized carbons (Fsp3) is 1.00. The van der Waals surface area contributed by atoms with E-state index in [4.69, 9.17) is 9.47 Å². The van der Waals surface area contributed by atoms with Gasteiger partial charge in [-0.05, 0) is 32.1 Å². The predicted octanol–water partition coefficient (Wildman–Crippen LogP) is 1.83. The SMILES string of the molecule is OC1CCCCC1OC1CCCCO1. The third-order valence-corrected chi connectivity index (χ3v) is 3.13. The summed E-state index contributed by atoms with van der Waals surface area (Å²) in [7, 11) is 0. The van der Waals surface area contributed by atoms with Crippen LogP contribution in [0.4, 0.5) is 0 Å². The lowest BCUT2D eigenvalue weighted by Crippen LogP contribution is -2.37. The Balaban J connectivity index is 1.76. The zero-order valence-corrected chi connectivity index (χ0v) is 8.65. The molecule has 0 bridgehead atoms. The van der Waals surface area contributed by atoms with Crippen molar-refractivity contribution >= 4 is 0 Å². The molecule has 1 aliphatic heterocycles. The van der Waals surface area contributed by atoms with Crippen LogP contribution in [0.15, 0.2) is 0 Å². The highest BCUT2D eigenvalue weighted by Gasteiger charge is 2.27. The van der Waals surface area contributed by atoms with Gasteiger partial charge in [0, 0.05) is 6.61 Å². The first kappa shape index (κ1) is 10.4. The first-order valence-electron chi connectivity index (χ1n) is 5.81. The number of aliphatic hydroxyl groups is 1. The highest BCUT2D eigenvalue weighted by atomic mass is 16.7. The molecule has 3 nitrogen and oxygen atoms in total. The van der Waals surface area contributed by atoms with Crippen LogP contribution in [0.3, 0.4) is 0 Å². The third-order valence-electron chi connectivity index (χ3n) is 3.13. The number of ether oxygens (including phenoxy) is 2. The Morgan fingerprint density at radius 3 is 2.50 bits per heavy atom. The fourth-order valence-electron chi connectivity index (χ4n) is 2.25. The molecular weight excluding hydrogens is 180 g/mol. The van der Waals surface area contributed by atoms with Gasteiger partial charge in [0.15, 0.2) is 6.29 Å². The minimum atomic E-state index is -0.269. The van der Waals surface area contributed by atoms with Crippen LogP contribution in [-0.2, 0) is 9.47 Å². The second-order valence-electron chi connectivity index (χ2n) is 4.32. The van der Waals surface area contributed by atoms with Gasteiger partial charge in [-0.25, -0.2) is 0 Å². The van der Waals surface area contributed by atoms with Crippen molar-refractivity contribution in [3.05, 3.63) is 0 Å². The van der Waals surface area contributed by atoms with E-state index >= 15 is 0 Å². The Kier molecular flexibility index (Phi) is 3.79. The standard InChI is InChI=1S/C11H20O3/c12-9-5-1-2-6-10(9)14-11-7-3-4-8-13-11/h9-12H,1-8H2. The zero-order valence-electron chi connectivity index (χ0n) is 8.65. The van der Waals surface area contributed by atoms with Crippen LogP contribution in [0.5, 0.6) is 0 Å². The van der Waals surface area contributed by atoms with E-state index in [1.807, 2.05) is 0 Å². The lowest BCUT2D eigenvalue weighted by Gasteiger charge is -2.32. The van der Waals surface area contributed by atoms with Crippen molar-refractivity contribution in [2.45, 2.75) is 63.4 Å². The van der Waals surface area contributed by atoms with E-state index in [1.165, 1.54) is 12.8 Å². The molecule has 0 aromatic carbocycles. The van der Waals surface area contributed by atoms with Gasteiger partial charge in [0.25, 0.3) is 0 Å². The number of rotatable bonds is 2. The summed E-state index contributed by atoms with van der Waals surface area (Å²) in [4.78, 5) is 0. The maximum atomic E-state index is 9.72. The predicted molar refractivity (Wildman–Crippen MR) is 52.9 cm³/mol. The van der Waals surface area contributed by atoms with Gasteiger partial charge in [-0.3, -0.25) is 0 Å². The van der Waals surface area contributed by atoms with Crippen molar-refractivity contribution in [2.75, 3.05) is 6.61 Å². The van der Waals surface area contributed by atoms with Crippen molar-refractivity contribution in [1.82, 2.24) is 0 Å². The summed E-state index contributed by atoms with van der Waals surface area (Å²) in [5, 5.41) is 9.72. The van der Waals surface area contributed by atoms with E-state index < -0.39 is 0 Å². The monoisotopic (exact) mass is 200 g/mol. The molecule has 14 heavy (non-hydrogen) atoms. The molecule has 1 heterocycles. The minimum absolute atomic E-state index is 0.0202. The smallest absolute Gasteiger partial charge is 0.158 e. The molecule has 0 radical (unpaired) electrons. The quantitative estimate of drug-likeness (QED) is 0.739. The fourth-order valence-corrected chi connectivity index (χ4v) is 2.25. The molecule has 2 fully saturated rings. The summed E-state index contributed by atoms with van der Waals surface area (Å²) < 4.78 is 11.3. The van der Waals surface area contributed by atoms with Gasteiger partial charge >= 0.3 is 0 Å². The summed E-state index contributed by atoms with van der Waals surface area (Å²) in [6.45, 7) is 0.813. The van der Waals surface area contributed by atoms with E-state index in [1.54, 1.807) is 0 Å². The highest BCUT2D eigenvalue weighted by Crippen LogP contribution is 2.24. The first-order chi connectivity index (χ1) is 6.86. The maximum Gasteiger partial charge on any atom is 0.158 e. The summed E-state index contributed by atoms with van der Waals surface area (Å²) >= 11 is 0. The molecule has 3 atom stereocenters. The molecule has 82 valence electrons. The summed E-state index contributed by atoms with van der Waals surface area (Å²) in [5.74, 6) is 0. The Bertz CT molecular complexity index is 166. The Morgan fingerprint density at radius 1 is 1.00 bits per heavy atom. The number of hydrogen-bond donors (Lipinski definition) is 1. The second kappa shape index (κ2) is 5.10. The van der Waals surface area contributed by atoms with E-state index in [2.05, 4.69) is 0 Å². The molecule has 1 aliphatic carbocycles. The lowest BCUT2D eigenvalue weighted by molar-refractivity contribution is -0.212. The van der Waals surface area contributed by atoms with Crippen molar-refractivity contribution in [3.8, 4) is 0 Å². The van der Waals surface area contributed by atoms with Gasteiger partial charge in [-0.15, -0.1) is 0 Å². The van der Waals surface area contributed by atoms with Crippen molar-refractivity contribution in [3.63, 3.8) is 0 Å². The summed E-state index contributed by atoms with van der Waals surface area (Å²) in [6, 6.07) is 0. The normalized spacial score (nSPS) is 39.6. The lowest BCUT2D eigenvalue weighted by atomic mass is 9.95. The van der Waals surface area contributed by atoms with Crippen LogP contribution in [0, 0.1) is 0 Å². The number of aliphatic hydroxyl groups excluding tert-OH is 1. The largest absolute Gasteiger partial charge is 0.390 e. The first-order valence-corrected chi connectivity index (χ1v) is 5.81. The molecule has 0 aromatic rings. The minimum Gasteiger partial charge on any atom is -0.390 e. The molecule has 0 aromatic heterocycles. The molecule has 0 amide bonds. The second-order valence-corrected chi connectivity index (χ2v) is 4.32. The summed E-state index contributed by atoms with van der Waals surface area (Å²) in [5.41, 5.74) is 0. The van der Waals surface area contributed by atoms with E-state index in [0.29, 0.717) is 0 Å². The molecule has 1 saturated heterocycles. The molecule has 3 heteroatoms. The molecule has 3 unspecified atom stereocenters. The van der Waals surface area contributed by atoms with Crippen LogP contribution < -0.4 is 0 Å². The van der Waals surface area contributed by atoms with E-state index in [9.17, 15) is 5.11 Å². The molecular formula is C11H20O3. The van der Waals surface area contributed by atoms with Crippen LogP contribution >= 0.6 is 0 Å². The Labute approximate surface area is 85.4 Å². The van der Waals surface area contributed by atoms with Crippen molar-refractivity contribution in [1.29, 1.82) is 0 Å². The van der Waals surface area contributed by atoms with E-state index in [0.717, 1.165) is 38.7 Å². The molecule has 2 aliphatic rings. The van der Waals surface area contributed by atoms with Crippen molar-refractivity contribution < 1.29 is 14.6 Å². The van der Waals surface area contributed by atoms with Crippen molar-refractivity contribution in [2.24, 2.45) is 0 Å². The average molecular weight is 200 g/mol. The van der Waals surface area contributed by atoms with Crippen LogP contribution in [0.2, 0.25) is 0 Å². The topological polar surface area (TPSA) is 38.7 Å². The molecule has 0 spiro atoms. The van der Waals surface area contributed by atoms with Gasteiger partial charge in [0.1, 0.15) is 0 Å². The maximum absolute atomic E-state index is 9.72. The van der Waals surface area contributed by atoms with Crippen LogP contribution in [0.1, 0.15) is 44.9 Å². The van der Waals surface area contributed by atoms with Gasteiger partial charge in [0.2, 0.25) is 0 Å². The number of hydrogen-bond acceptors (Lipinski definition) is 3. The Hall–Kier alpha value is -0.120. The van der Waals surface area contributed by atoms with Crippen LogP contribution in [-0.4, -0.2) is 30.2 Å². The third kappa shape index (κ3) is 2.69. The molecule has 1 N–H and O–H groups in total. The molecule has 2 rings (SSSR count). The van der Waals surface area contributed by atoms with E-state index in [-0.39, 0.29) is 18.5 Å². The van der Waals surface area contributed by atoms with Gasteiger partial charge in [-0.2, -0.15) is 0 Å². The van der Waals surface area contributed by atoms with Crippen LogP contribution in [0.25, 0.3) is 0 Å². The zero-order chi connectivity index (χ0) is 9.80.